The maximum atomic E-state index is 12.0. The van der Waals surface area contributed by atoms with Gasteiger partial charge in [-0.1, -0.05) is 32.9 Å². The van der Waals surface area contributed by atoms with E-state index in [0.29, 0.717) is 0 Å². The van der Waals surface area contributed by atoms with Crippen molar-refractivity contribution in [1.82, 2.24) is 4.72 Å². The van der Waals surface area contributed by atoms with Crippen LogP contribution in [-0.2, 0) is 16.4 Å². The summed E-state index contributed by atoms with van der Waals surface area (Å²) in [7, 11) is -3.49. The van der Waals surface area contributed by atoms with Crippen molar-refractivity contribution in [3.8, 4) is 0 Å². The molecule has 1 aromatic rings. The minimum absolute atomic E-state index is 0.0652. The highest BCUT2D eigenvalue weighted by atomic mass is 32.2. The van der Waals surface area contributed by atoms with Crippen molar-refractivity contribution in [2.45, 2.75) is 32.1 Å². The first-order valence-electron chi connectivity index (χ1n) is 6.00. The highest BCUT2D eigenvalue weighted by molar-refractivity contribution is 7.89. The van der Waals surface area contributed by atoms with Gasteiger partial charge in [0.1, 0.15) is 0 Å². The first-order valence-corrected chi connectivity index (χ1v) is 7.48. The number of aliphatic hydroxyl groups excluding tert-OH is 1. The molecule has 0 bridgehead atoms. The SMILES string of the molecule is CCc1ccc(S(=O)(=O)NCC(C)(C)CO)cc1. The molecule has 102 valence electrons. The van der Waals surface area contributed by atoms with Crippen molar-refractivity contribution in [1.29, 1.82) is 0 Å². The Hall–Kier alpha value is -0.910. The van der Waals surface area contributed by atoms with E-state index in [4.69, 9.17) is 5.11 Å². The Morgan fingerprint density at radius 3 is 2.22 bits per heavy atom. The van der Waals surface area contributed by atoms with Gasteiger partial charge < -0.3 is 5.11 Å². The monoisotopic (exact) mass is 271 g/mol. The molecule has 0 aliphatic rings. The molecule has 0 saturated heterocycles. The number of hydrogen-bond donors (Lipinski definition) is 2. The van der Waals surface area contributed by atoms with Crippen LogP contribution in [0.15, 0.2) is 29.2 Å². The Labute approximate surface area is 109 Å². The maximum Gasteiger partial charge on any atom is 0.240 e. The molecule has 4 nitrogen and oxygen atoms in total. The lowest BCUT2D eigenvalue weighted by Crippen LogP contribution is -2.36. The molecular weight excluding hydrogens is 250 g/mol. The van der Waals surface area contributed by atoms with Crippen LogP contribution in [0.25, 0.3) is 0 Å². The summed E-state index contributed by atoms with van der Waals surface area (Å²) in [6.07, 6.45) is 0.880. The van der Waals surface area contributed by atoms with E-state index >= 15 is 0 Å². The van der Waals surface area contributed by atoms with Crippen LogP contribution in [0.5, 0.6) is 0 Å². The van der Waals surface area contributed by atoms with Gasteiger partial charge in [-0.05, 0) is 24.1 Å². The minimum atomic E-state index is -3.49. The average molecular weight is 271 g/mol. The van der Waals surface area contributed by atoms with Gasteiger partial charge in [0.25, 0.3) is 0 Å². The van der Waals surface area contributed by atoms with E-state index in [1.54, 1.807) is 26.0 Å². The Kier molecular flexibility index (Phi) is 4.90. The Morgan fingerprint density at radius 1 is 1.22 bits per heavy atom. The second-order valence-electron chi connectivity index (χ2n) is 5.14. The molecule has 1 rings (SSSR count). The smallest absolute Gasteiger partial charge is 0.240 e. The predicted octanol–water partition coefficient (Wildman–Crippen LogP) is 1.55. The highest BCUT2D eigenvalue weighted by Gasteiger charge is 2.21. The third-order valence-corrected chi connectivity index (χ3v) is 4.23. The van der Waals surface area contributed by atoms with Crippen molar-refractivity contribution in [2.75, 3.05) is 13.2 Å². The molecule has 0 spiro atoms. The van der Waals surface area contributed by atoms with Crippen molar-refractivity contribution >= 4 is 10.0 Å². The first-order chi connectivity index (χ1) is 8.30. The van der Waals surface area contributed by atoms with Crippen LogP contribution in [0.1, 0.15) is 26.3 Å². The van der Waals surface area contributed by atoms with Crippen LogP contribution < -0.4 is 4.72 Å². The van der Waals surface area contributed by atoms with Gasteiger partial charge in [-0.15, -0.1) is 0 Å². The molecule has 0 amide bonds. The molecule has 0 radical (unpaired) electrons. The van der Waals surface area contributed by atoms with Gasteiger partial charge in [0.15, 0.2) is 0 Å². The zero-order valence-corrected chi connectivity index (χ0v) is 11.9. The zero-order chi connectivity index (χ0) is 13.8. The standard InChI is InChI=1S/C13H21NO3S/c1-4-11-5-7-12(8-6-11)18(16,17)14-9-13(2,3)10-15/h5-8,14-15H,4,9-10H2,1-3H3. The maximum absolute atomic E-state index is 12.0. The topological polar surface area (TPSA) is 66.4 Å². The normalized spacial score (nSPS) is 12.7. The minimum Gasteiger partial charge on any atom is -0.396 e. The van der Waals surface area contributed by atoms with Gasteiger partial charge in [0.2, 0.25) is 10.0 Å². The van der Waals surface area contributed by atoms with Crippen molar-refractivity contribution in [2.24, 2.45) is 5.41 Å². The molecule has 2 N–H and O–H groups in total. The van der Waals surface area contributed by atoms with E-state index in [2.05, 4.69) is 4.72 Å². The molecule has 0 fully saturated rings. The van der Waals surface area contributed by atoms with Crippen molar-refractivity contribution in [3.05, 3.63) is 29.8 Å². The summed E-state index contributed by atoms with van der Waals surface area (Å²) < 4.78 is 26.5. The summed E-state index contributed by atoms with van der Waals surface area (Å²) in [6.45, 7) is 5.77. The van der Waals surface area contributed by atoms with Crippen LogP contribution in [0, 0.1) is 5.41 Å². The second-order valence-corrected chi connectivity index (χ2v) is 6.91. The fraction of sp³-hybridized carbons (Fsp3) is 0.538. The zero-order valence-electron chi connectivity index (χ0n) is 11.1. The summed E-state index contributed by atoms with van der Waals surface area (Å²) >= 11 is 0. The second kappa shape index (κ2) is 5.82. The van der Waals surface area contributed by atoms with Crippen LogP contribution in [0.4, 0.5) is 0 Å². The van der Waals surface area contributed by atoms with Gasteiger partial charge in [0, 0.05) is 18.6 Å². The number of nitrogens with one attached hydrogen (secondary N) is 1. The van der Waals surface area contributed by atoms with Gasteiger partial charge in [0.05, 0.1) is 4.90 Å². The lowest BCUT2D eigenvalue weighted by atomic mass is 9.96. The predicted molar refractivity (Wildman–Crippen MR) is 71.9 cm³/mol. The third kappa shape index (κ3) is 4.08. The molecule has 0 aliphatic carbocycles. The largest absolute Gasteiger partial charge is 0.396 e. The summed E-state index contributed by atoms with van der Waals surface area (Å²) in [4.78, 5) is 0.258. The number of sulfonamides is 1. The number of hydrogen-bond acceptors (Lipinski definition) is 3. The number of benzene rings is 1. The number of aliphatic hydroxyl groups is 1. The molecule has 0 aromatic heterocycles. The summed E-state index contributed by atoms with van der Waals surface area (Å²) in [6, 6.07) is 6.83. The van der Waals surface area contributed by atoms with Gasteiger partial charge in [-0.3, -0.25) is 0 Å². The number of aryl methyl sites for hydroxylation is 1. The van der Waals surface area contributed by atoms with E-state index in [9.17, 15) is 8.42 Å². The lowest BCUT2D eigenvalue weighted by molar-refractivity contribution is 0.163. The summed E-state index contributed by atoms with van der Waals surface area (Å²) in [5.41, 5.74) is 0.640. The van der Waals surface area contributed by atoms with E-state index < -0.39 is 15.4 Å². The highest BCUT2D eigenvalue weighted by Crippen LogP contribution is 2.15. The van der Waals surface area contributed by atoms with E-state index in [1.165, 1.54) is 0 Å². The van der Waals surface area contributed by atoms with Gasteiger partial charge in [-0.2, -0.15) is 0 Å². The first kappa shape index (κ1) is 15.1. The van der Waals surface area contributed by atoms with E-state index in [-0.39, 0.29) is 18.0 Å². The van der Waals surface area contributed by atoms with Crippen LogP contribution in [0.3, 0.4) is 0 Å². The lowest BCUT2D eigenvalue weighted by Gasteiger charge is -2.21. The molecule has 5 heteroatoms. The average Bonchev–Trinajstić information content (AvgIpc) is 2.37. The van der Waals surface area contributed by atoms with Crippen molar-refractivity contribution in [3.63, 3.8) is 0 Å². The fourth-order valence-corrected chi connectivity index (χ4v) is 2.58. The van der Waals surface area contributed by atoms with Crippen LogP contribution >= 0.6 is 0 Å². The Morgan fingerprint density at radius 2 is 1.78 bits per heavy atom. The van der Waals surface area contributed by atoms with Gasteiger partial charge in [-0.25, -0.2) is 13.1 Å². The molecular formula is C13H21NO3S. The third-order valence-electron chi connectivity index (χ3n) is 2.81. The molecule has 1 aromatic carbocycles. The van der Waals surface area contributed by atoms with Crippen LogP contribution in [0.2, 0.25) is 0 Å². The van der Waals surface area contributed by atoms with E-state index in [1.807, 2.05) is 19.1 Å². The fourth-order valence-electron chi connectivity index (χ4n) is 1.33. The quantitative estimate of drug-likeness (QED) is 0.825. The van der Waals surface area contributed by atoms with E-state index in [0.717, 1.165) is 12.0 Å². The summed E-state index contributed by atoms with van der Waals surface area (Å²) in [5, 5.41) is 9.09. The van der Waals surface area contributed by atoms with Crippen LogP contribution in [-0.4, -0.2) is 26.7 Å². The Balaban J connectivity index is 2.80. The molecule has 0 unspecified atom stereocenters. The molecule has 0 saturated carbocycles. The van der Waals surface area contributed by atoms with Gasteiger partial charge >= 0.3 is 0 Å². The van der Waals surface area contributed by atoms with Crippen molar-refractivity contribution < 1.29 is 13.5 Å². The molecule has 0 aliphatic heterocycles. The Bertz CT molecular complexity index is 477. The number of rotatable bonds is 6. The summed E-state index contributed by atoms with van der Waals surface area (Å²) in [5.74, 6) is 0. The molecule has 0 heterocycles. The molecule has 18 heavy (non-hydrogen) atoms. The molecule has 0 atom stereocenters.